The van der Waals surface area contributed by atoms with Crippen LogP contribution in [0.3, 0.4) is 0 Å². The Hall–Kier alpha value is -1.55. The fraction of sp³-hybridized carbons (Fsp3) is 0.588. The van der Waals surface area contributed by atoms with Crippen LogP contribution in [-0.2, 0) is 6.54 Å². The summed E-state index contributed by atoms with van der Waals surface area (Å²) in [6, 6.07) is 10.4. The maximum absolute atomic E-state index is 4.31. The van der Waals surface area contributed by atoms with Gasteiger partial charge in [0.05, 0.1) is 0 Å². The van der Waals surface area contributed by atoms with Crippen LogP contribution in [0.4, 0.5) is 0 Å². The Balaban J connectivity index is 1.72. The van der Waals surface area contributed by atoms with Crippen LogP contribution in [0.1, 0.15) is 25.3 Å². The standard InChI is InChI=1S/C17H28N4/c1-3-21-11-7-10-16(14-21)13-20-17(18-2)19-12-15-8-5-4-6-9-15/h4-6,8-9,16H,3,7,10-14H2,1-2H3,(H2,18,19,20). The lowest BCUT2D eigenvalue weighted by molar-refractivity contribution is 0.183. The molecule has 1 heterocycles. The molecule has 4 heteroatoms. The predicted octanol–water partition coefficient (Wildman–Crippen LogP) is 2.08. The molecule has 1 fully saturated rings. The van der Waals surface area contributed by atoms with E-state index < -0.39 is 0 Å². The van der Waals surface area contributed by atoms with Gasteiger partial charge in [-0.2, -0.15) is 0 Å². The SMILES string of the molecule is CCN1CCCC(CNC(=NC)NCc2ccccc2)C1. The van der Waals surface area contributed by atoms with E-state index in [4.69, 9.17) is 0 Å². The number of aliphatic imine (C=N–C) groups is 1. The molecule has 21 heavy (non-hydrogen) atoms. The molecule has 116 valence electrons. The van der Waals surface area contributed by atoms with E-state index in [2.05, 4.69) is 51.7 Å². The first-order valence-electron chi connectivity index (χ1n) is 8.02. The van der Waals surface area contributed by atoms with Crippen molar-refractivity contribution in [1.82, 2.24) is 15.5 Å². The maximum Gasteiger partial charge on any atom is 0.191 e. The quantitative estimate of drug-likeness (QED) is 0.644. The summed E-state index contributed by atoms with van der Waals surface area (Å²) in [6.45, 7) is 7.69. The normalized spacial score (nSPS) is 20.3. The molecule has 0 bridgehead atoms. The fourth-order valence-electron chi connectivity index (χ4n) is 2.85. The van der Waals surface area contributed by atoms with Crippen LogP contribution >= 0.6 is 0 Å². The molecular formula is C17H28N4. The summed E-state index contributed by atoms with van der Waals surface area (Å²) in [6.07, 6.45) is 2.63. The Bertz CT molecular complexity index is 430. The summed E-state index contributed by atoms with van der Waals surface area (Å²) in [5, 5.41) is 6.84. The van der Waals surface area contributed by atoms with E-state index in [-0.39, 0.29) is 0 Å². The second-order valence-electron chi connectivity index (χ2n) is 5.69. The van der Waals surface area contributed by atoms with Crippen LogP contribution in [0, 0.1) is 5.92 Å². The van der Waals surface area contributed by atoms with Gasteiger partial charge in [0.15, 0.2) is 5.96 Å². The lowest BCUT2D eigenvalue weighted by Crippen LogP contribution is -2.44. The van der Waals surface area contributed by atoms with E-state index >= 15 is 0 Å². The fourth-order valence-corrected chi connectivity index (χ4v) is 2.85. The first kappa shape index (κ1) is 15.8. The van der Waals surface area contributed by atoms with Crippen LogP contribution in [-0.4, -0.2) is 44.1 Å². The molecule has 0 aliphatic carbocycles. The topological polar surface area (TPSA) is 39.7 Å². The lowest BCUT2D eigenvalue weighted by atomic mass is 9.98. The van der Waals surface area contributed by atoms with Crippen LogP contribution in [0.5, 0.6) is 0 Å². The first-order valence-corrected chi connectivity index (χ1v) is 8.02. The molecule has 1 aromatic rings. The van der Waals surface area contributed by atoms with Gasteiger partial charge in [-0.3, -0.25) is 4.99 Å². The highest BCUT2D eigenvalue weighted by Gasteiger charge is 2.18. The summed E-state index contributed by atoms with van der Waals surface area (Å²) in [7, 11) is 1.83. The van der Waals surface area contributed by atoms with Gasteiger partial charge in [0.1, 0.15) is 0 Å². The van der Waals surface area contributed by atoms with Crippen molar-refractivity contribution in [3.63, 3.8) is 0 Å². The van der Waals surface area contributed by atoms with E-state index in [1.54, 1.807) is 0 Å². The van der Waals surface area contributed by atoms with Gasteiger partial charge >= 0.3 is 0 Å². The molecule has 1 aliphatic heterocycles. The Morgan fingerprint density at radius 2 is 2.10 bits per heavy atom. The van der Waals surface area contributed by atoms with Crippen molar-refractivity contribution in [3.05, 3.63) is 35.9 Å². The molecular weight excluding hydrogens is 260 g/mol. The number of piperidine rings is 1. The van der Waals surface area contributed by atoms with Crippen LogP contribution in [0.25, 0.3) is 0 Å². The van der Waals surface area contributed by atoms with E-state index in [0.717, 1.165) is 31.5 Å². The molecule has 2 N–H and O–H groups in total. The van der Waals surface area contributed by atoms with Crippen LogP contribution < -0.4 is 10.6 Å². The van der Waals surface area contributed by atoms with Gasteiger partial charge in [-0.1, -0.05) is 37.3 Å². The summed E-state index contributed by atoms with van der Waals surface area (Å²) in [5.41, 5.74) is 1.27. The third-order valence-electron chi connectivity index (χ3n) is 4.13. The van der Waals surface area contributed by atoms with Gasteiger partial charge in [0.25, 0.3) is 0 Å². The minimum absolute atomic E-state index is 0.731. The number of rotatable bonds is 5. The van der Waals surface area contributed by atoms with E-state index in [1.807, 2.05) is 13.1 Å². The average molecular weight is 288 g/mol. The zero-order chi connectivity index (χ0) is 14.9. The number of nitrogens with one attached hydrogen (secondary N) is 2. The maximum atomic E-state index is 4.31. The summed E-state index contributed by atoms with van der Waals surface area (Å²) in [5.74, 6) is 1.63. The van der Waals surface area contributed by atoms with Crippen molar-refractivity contribution in [2.45, 2.75) is 26.3 Å². The number of hydrogen-bond acceptors (Lipinski definition) is 2. The highest BCUT2D eigenvalue weighted by atomic mass is 15.2. The van der Waals surface area contributed by atoms with Crippen molar-refractivity contribution in [2.75, 3.05) is 33.2 Å². The second-order valence-corrected chi connectivity index (χ2v) is 5.69. The van der Waals surface area contributed by atoms with Gasteiger partial charge in [0.2, 0.25) is 0 Å². The Morgan fingerprint density at radius 3 is 2.81 bits per heavy atom. The molecule has 1 aromatic carbocycles. The molecule has 1 unspecified atom stereocenters. The zero-order valence-corrected chi connectivity index (χ0v) is 13.3. The van der Waals surface area contributed by atoms with Gasteiger partial charge in [-0.25, -0.2) is 0 Å². The van der Waals surface area contributed by atoms with Crippen molar-refractivity contribution in [2.24, 2.45) is 10.9 Å². The van der Waals surface area contributed by atoms with Crippen LogP contribution in [0.2, 0.25) is 0 Å². The molecule has 1 aliphatic rings. The van der Waals surface area contributed by atoms with Crippen LogP contribution in [0.15, 0.2) is 35.3 Å². The molecule has 0 amide bonds. The van der Waals surface area contributed by atoms with Crippen molar-refractivity contribution >= 4 is 5.96 Å². The number of hydrogen-bond donors (Lipinski definition) is 2. The average Bonchev–Trinajstić information content (AvgIpc) is 2.56. The molecule has 0 saturated carbocycles. The minimum atomic E-state index is 0.731. The largest absolute Gasteiger partial charge is 0.356 e. The lowest BCUT2D eigenvalue weighted by Gasteiger charge is -2.32. The van der Waals surface area contributed by atoms with Gasteiger partial charge < -0.3 is 15.5 Å². The van der Waals surface area contributed by atoms with Gasteiger partial charge in [0, 0.05) is 26.7 Å². The second kappa shape index (κ2) is 8.67. The molecule has 1 atom stereocenters. The molecule has 0 aromatic heterocycles. The molecule has 1 saturated heterocycles. The van der Waals surface area contributed by atoms with Crippen molar-refractivity contribution in [3.8, 4) is 0 Å². The summed E-state index contributed by atoms with van der Waals surface area (Å²) >= 11 is 0. The monoisotopic (exact) mass is 288 g/mol. The number of benzene rings is 1. The number of likely N-dealkylation sites (tertiary alicyclic amines) is 1. The number of nitrogens with zero attached hydrogens (tertiary/aromatic N) is 2. The smallest absolute Gasteiger partial charge is 0.191 e. The van der Waals surface area contributed by atoms with Crippen molar-refractivity contribution < 1.29 is 0 Å². The summed E-state index contributed by atoms with van der Waals surface area (Å²) < 4.78 is 0. The molecule has 2 rings (SSSR count). The van der Waals surface area contributed by atoms with Gasteiger partial charge in [-0.15, -0.1) is 0 Å². The highest BCUT2D eigenvalue weighted by Crippen LogP contribution is 2.15. The van der Waals surface area contributed by atoms with Gasteiger partial charge in [-0.05, 0) is 37.4 Å². The Morgan fingerprint density at radius 1 is 1.29 bits per heavy atom. The first-order chi connectivity index (χ1) is 10.3. The minimum Gasteiger partial charge on any atom is -0.356 e. The molecule has 4 nitrogen and oxygen atoms in total. The molecule has 0 radical (unpaired) electrons. The van der Waals surface area contributed by atoms with E-state index in [0.29, 0.717) is 0 Å². The highest BCUT2D eigenvalue weighted by molar-refractivity contribution is 5.79. The van der Waals surface area contributed by atoms with E-state index in [1.165, 1.54) is 31.5 Å². The molecule has 0 spiro atoms. The Kier molecular flexibility index (Phi) is 6.54. The predicted molar refractivity (Wildman–Crippen MR) is 89.5 cm³/mol. The Labute approximate surface area is 128 Å². The number of guanidine groups is 1. The zero-order valence-electron chi connectivity index (χ0n) is 13.3. The van der Waals surface area contributed by atoms with Crippen molar-refractivity contribution in [1.29, 1.82) is 0 Å². The third-order valence-corrected chi connectivity index (χ3v) is 4.13. The summed E-state index contributed by atoms with van der Waals surface area (Å²) in [4.78, 5) is 6.85. The van der Waals surface area contributed by atoms with E-state index in [9.17, 15) is 0 Å². The third kappa shape index (κ3) is 5.38.